The Hall–Kier alpha value is -1.02. The zero-order chi connectivity index (χ0) is 13.2. The maximum absolute atomic E-state index is 5.80. The molecule has 0 amide bonds. The summed E-state index contributed by atoms with van der Waals surface area (Å²) in [5.74, 6) is 1.55. The van der Waals surface area contributed by atoms with Gasteiger partial charge in [-0.2, -0.15) is 0 Å². The molecule has 1 aliphatic carbocycles. The van der Waals surface area contributed by atoms with Gasteiger partial charge in [-0.15, -0.1) is 0 Å². The third kappa shape index (κ3) is 2.27. The van der Waals surface area contributed by atoms with Crippen LogP contribution in [0.2, 0.25) is 0 Å². The molecule has 3 atom stereocenters. The summed E-state index contributed by atoms with van der Waals surface area (Å²) in [6, 6.07) is 9.77. The topological polar surface area (TPSA) is 29.3 Å². The number of benzene rings is 1. The summed E-state index contributed by atoms with van der Waals surface area (Å²) in [6.07, 6.45) is 6.65. The van der Waals surface area contributed by atoms with Crippen molar-refractivity contribution in [3.8, 4) is 0 Å². The fraction of sp³-hybridized carbons (Fsp3) is 0.647. The quantitative estimate of drug-likeness (QED) is 0.895. The van der Waals surface area contributed by atoms with Gasteiger partial charge in [-0.05, 0) is 43.4 Å². The summed E-state index contributed by atoms with van der Waals surface area (Å²) in [6.45, 7) is 4.34. The molecule has 0 aromatic heterocycles. The summed E-state index contributed by atoms with van der Waals surface area (Å²) in [5.41, 5.74) is 8.83. The number of rotatable bonds is 4. The van der Waals surface area contributed by atoms with E-state index < -0.39 is 0 Å². The molecule has 1 saturated carbocycles. The first-order valence-corrected chi connectivity index (χ1v) is 7.90. The standard InChI is InChI=1S/C17H26N2/c1-2-13-6-5-9-16(13)19-12-14(10-11-18)15-7-3-4-8-17(15)19/h3-4,7-8,13-14,16H,2,5-6,9-12,18H2,1H3. The highest BCUT2D eigenvalue weighted by atomic mass is 15.2. The Balaban J connectivity index is 1.87. The van der Waals surface area contributed by atoms with Gasteiger partial charge in [0.1, 0.15) is 0 Å². The van der Waals surface area contributed by atoms with Crippen molar-refractivity contribution in [2.24, 2.45) is 11.7 Å². The van der Waals surface area contributed by atoms with Crippen LogP contribution in [-0.2, 0) is 0 Å². The lowest BCUT2D eigenvalue weighted by molar-refractivity contribution is 0.434. The number of para-hydroxylation sites is 1. The van der Waals surface area contributed by atoms with Crippen molar-refractivity contribution in [2.75, 3.05) is 18.0 Å². The average Bonchev–Trinajstić information content (AvgIpc) is 3.04. The molecule has 19 heavy (non-hydrogen) atoms. The van der Waals surface area contributed by atoms with E-state index in [0.29, 0.717) is 5.92 Å². The monoisotopic (exact) mass is 258 g/mol. The van der Waals surface area contributed by atoms with Crippen LogP contribution in [0.5, 0.6) is 0 Å². The van der Waals surface area contributed by atoms with Gasteiger partial charge < -0.3 is 10.6 Å². The molecule has 0 saturated heterocycles. The molecule has 0 spiro atoms. The molecule has 1 aliphatic heterocycles. The molecule has 2 aliphatic rings. The second-order valence-corrected chi connectivity index (χ2v) is 6.15. The van der Waals surface area contributed by atoms with E-state index in [9.17, 15) is 0 Å². The van der Waals surface area contributed by atoms with Gasteiger partial charge >= 0.3 is 0 Å². The molecule has 0 bridgehead atoms. The number of nitrogens with two attached hydrogens (primary N) is 1. The minimum atomic E-state index is 0.652. The Morgan fingerprint density at radius 1 is 1.26 bits per heavy atom. The molecule has 1 fully saturated rings. The number of hydrogen-bond donors (Lipinski definition) is 1. The first kappa shape index (κ1) is 13.0. The van der Waals surface area contributed by atoms with Gasteiger partial charge in [-0.1, -0.05) is 38.0 Å². The van der Waals surface area contributed by atoms with Crippen LogP contribution in [0.1, 0.15) is 50.5 Å². The van der Waals surface area contributed by atoms with E-state index in [4.69, 9.17) is 5.73 Å². The third-order valence-electron chi connectivity index (χ3n) is 5.16. The fourth-order valence-corrected chi connectivity index (χ4v) is 4.19. The molecule has 1 heterocycles. The molecular weight excluding hydrogens is 232 g/mol. The lowest BCUT2D eigenvalue weighted by atomic mass is 9.98. The van der Waals surface area contributed by atoms with E-state index in [1.165, 1.54) is 43.5 Å². The highest BCUT2D eigenvalue weighted by Crippen LogP contribution is 2.43. The Kier molecular flexibility index (Phi) is 3.79. The summed E-state index contributed by atoms with van der Waals surface area (Å²) < 4.78 is 0. The van der Waals surface area contributed by atoms with Gasteiger partial charge in [0.2, 0.25) is 0 Å². The average molecular weight is 258 g/mol. The molecule has 2 heteroatoms. The van der Waals surface area contributed by atoms with Crippen LogP contribution in [-0.4, -0.2) is 19.1 Å². The Labute approximate surface area is 117 Å². The van der Waals surface area contributed by atoms with E-state index >= 15 is 0 Å². The highest BCUT2D eigenvalue weighted by Gasteiger charge is 2.37. The predicted molar refractivity (Wildman–Crippen MR) is 81.6 cm³/mol. The Morgan fingerprint density at radius 3 is 2.89 bits per heavy atom. The summed E-state index contributed by atoms with van der Waals surface area (Å²) in [7, 11) is 0. The van der Waals surface area contributed by atoms with E-state index in [0.717, 1.165) is 24.9 Å². The molecule has 3 unspecified atom stereocenters. The van der Waals surface area contributed by atoms with Crippen molar-refractivity contribution in [1.82, 2.24) is 0 Å². The SMILES string of the molecule is CCC1CCCC1N1CC(CCN)c2ccccc21. The van der Waals surface area contributed by atoms with Gasteiger partial charge in [0.05, 0.1) is 0 Å². The largest absolute Gasteiger partial charge is 0.367 e. The number of anilines is 1. The van der Waals surface area contributed by atoms with Crippen molar-refractivity contribution in [3.05, 3.63) is 29.8 Å². The van der Waals surface area contributed by atoms with Crippen molar-refractivity contribution in [3.63, 3.8) is 0 Å². The first-order valence-electron chi connectivity index (χ1n) is 7.90. The maximum atomic E-state index is 5.80. The number of fused-ring (bicyclic) bond motifs is 1. The van der Waals surface area contributed by atoms with Gasteiger partial charge in [-0.25, -0.2) is 0 Å². The minimum Gasteiger partial charge on any atom is -0.367 e. The minimum absolute atomic E-state index is 0.652. The normalized spacial score (nSPS) is 29.8. The molecule has 3 rings (SSSR count). The molecule has 2 nitrogen and oxygen atoms in total. The zero-order valence-corrected chi connectivity index (χ0v) is 12.0. The lowest BCUT2D eigenvalue weighted by Gasteiger charge is -2.32. The van der Waals surface area contributed by atoms with Crippen molar-refractivity contribution >= 4 is 5.69 Å². The first-order chi connectivity index (χ1) is 9.35. The maximum Gasteiger partial charge on any atom is 0.0405 e. The number of hydrogen-bond acceptors (Lipinski definition) is 2. The molecule has 0 radical (unpaired) electrons. The Morgan fingerprint density at radius 2 is 2.11 bits per heavy atom. The highest BCUT2D eigenvalue weighted by molar-refractivity contribution is 5.61. The Bertz CT molecular complexity index is 429. The van der Waals surface area contributed by atoms with Crippen LogP contribution in [0.25, 0.3) is 0 Å². The van der Waals surface area contributed by atoms with Gasteiger partial charge in [0.25, 0.3) is 0 Å². The molecule has 1 aromatic rings. The van der Waals surface area contributed by atoms with E-state index in [-0.39, 0.29) is 0 Å². The van der Waals surface area contributed by atoms with Crippen LogP contribution in [0, 0.1) is 5.92 Å². The van der Waals surface area contributed by atoms with Crippen LogP contribution < -0.4 is 10.6 Å². The summed E-state index contributed by atoms with van der Waals surface area (Å²) in [5, 5.41) is 0. The lowest BCUT2D eigenvalue weighted by Crippen LogP contribution is -2.37. The van der Waals surface area contributed by atoms with E-state index in [1.807, 2.05) is 0 Å². The second-order valence-electron chi connectivity index (χ2n) is 6.15. The summed E-state index contributed by atoms with van der Waals surface area (Å²) >= 11 is 0. The van der Waals surface area contributed by atoms with Crippen molar-refractivity contribution < 1.29 is 0 Å². The van der Waals surface area contributed by atoms with Gasteiger partial charge in [0.15, 0.2) is 0 Å². The van der Waals surface area contributed by atoms with Crippen LogP contribution in [0.15, 0.2) is 24.3 Å². The van der Waals surface area contributed by atoms with E-state index in [1.54, 1.807) is 0 Å². The van der Waals surface area contributed by atoms with Crippen LogP contribution in [0.3, 0.4) is 0 Å². The third-order valence-corrected chi connectivity index (χ3v) is 5.16. The predicted octanol–water partition coefficient (Wildman–Crippen LogP) is 3.52. The zero-order valence-electron chi connectivity index (χ0n) is 12.0. The molecule has 104 valence electrons. The van der Waals surface area contributed by atoms with Crippen molar-refractivity contribution in [2.45, 2.75) is 51.0 Å². The molecular formula is C17H26N2. The van der Waals surface area contributed by atoms with E-state index in [2.05, 4.69) is 36.1 Å². The molecule has 2 N–H and O–H groups in total. The smallest absolute Gasteiger partial charge is 0.0405 e. The van der Waals surface area contributed by atoms with Crippen LogP contribution in [0.4, 0.5) is 5.69 Å². The summed E-state index contributed by atoms with van der Waals surface area (Å²) in [4.78, 5) is 2.71. The fourth-order valence-electron chi connectivity index (χ4n) is 4.19. The van der Waals surface area contributed by atoms with Gasteiger partial charge in [-0.3, -0.25) is 0 Å². The molecule has 1 aromatic carbocycles. The van der Waals surface area contributed by atoms with Gasteiger partial charge in [0, 0.05) is 24.2 Å². The number of nitrogens with zero attached hydrogens (tertiary/aromatic N) is 1. The van der Waals surface area contributed by atoms with Crippen molar-refractivity contribution in [1.29, 1.82) is 0 Å². The van der Waals surface area contributed by atoms with Crippen LogP contribution >= 0.6 is 0 Å². The second kappa shape index (κ2) is 5.54.